The summed E-state index contributed by atoms with van der Waals surface area (Å²) < 4.78 is 28.0. The molecule has 2 aliphatic rings. The van der Waals surface area contributed by atoms with Gasteiger partial charge in [-0.1, -0.05) is 29.8 Å². The molecule has 2 aromatic carbocycles. The Morgan fingerprint density at radius 3 is 2.52 bits per heavy atom. The Morgan fingerprint density at radius 1 is 1.07 bits per heavy atom. The van der Waals surface area contributed by atoms with E-state index in [1.807, 2.05) is 23.1 Å². The van der Waals surface area contributed by atoms with E-state index in [-0.39, 0.29) is 11.6 Å². The Balaban J connectivity index is 1.56. The zero-order chi connectivity index (χ0) is 19.0. The van der Waals surface area contributed by atoms with E-state index in [0.717, 1.165) is 24.1 Å². The summed E-state index contributed by atoms with van der Waals surface area (Å²) in [6.45, 7) is 1.69. The minimum absolute atomic E-state index is 0.146. The second-order valence-electron chi connectivity index (χ2n) is 6.72. The van der Waals surface area contributed by atoms with Crippen molar-refractivity contribution in [3.63, 3.8) is 0 Å². The lowest BCUT2D eigenvalue weighted by molar-refractivity contribution is -0.128. The third-order valence-corrected chi connectivity index (χ3v) is 5.20. The summed E-state index contributed by atoms with van der Waals surface area (Å²) in [6.07, 6.45) is 2.03. The average Bonchev–Trinajstić information content (AvgIpc) is 3.25. The number of halogens is 3. The first-order valence-electron chi connectivity index (χ1n) is 8.88. The SMILES string of the molecule is O=C1CCCN1Cc1ccc(C2=NN(c3c(F)cccc3F)CC2)c(Cl)c1. The van der Waals surface area contributed by atoms with Crippen LogP contribution >= 0.6 is 11.6 Å². The summed E-state index contributed by atoms with van der Waals surface area (Å²) in [5, 5.41) is 6.24. The van der Waals surface area contributed by atoms with Gasteiger partial charge in [-0.3, -0.25) is 9.80 Å². The number of benzene rings is 2. The molecule has 2 aliphatic heterocycles. The van der Waals surface area contributed by atoms with Gasteiger partial charge in [-0.2, -0.15) is 5.10 Å². The minimum atomic E-state index is -0.642. The van der Waals surface area contributed by atoms with Crippen LogP contribution in [0.15, 0.2) is 41.5 Å². The predicted octanol–water partition coefficient (Wildman–Crippen LogP) is 4.36. The first-order valence-corrected chi connectivity index (χ1v) is 9.26. The molecule has 0 atom stereocenters. The van der Waals surface area contributed by atoms with Gasteiger partial charge in [0, 0.05) is 38.0 Å². The van der Waals surface area contributed by atoms with E-state index in [0.29, 0.717) is 36.7 Å². The van der Waals surface area contributed by atoms with E-state index >= 15 is 0 Å². The maximum atomic E-state index is 14.0. The first-order chi connectivity index (χ1) is 13.0. The molecule has 0 aromatic heterocycles. The van der Waals surface area contributed by atoms with Crippen LogP contribution < -0.4 is 5.01 Å². The van der Waals surface area contributed by atoms with Gasteiger partial charge in [-0.15, -0.1) is 0 Å². The highest BCUT2D eigenvalue weighted by molar-refractivity contribution is 6.34. The Bertz CT molecular complexity index is 911. The van der Waals surface area contributed by atoms with Crippen LogP contribution in [0.4, 0.5) is 14.5 Å². The Morgan fingerprint density at radius 2 is 1.85 bits per heavy atom. The van der Waals surface area contributed by atoms with E-state index in [1.54, 1.807) is 0 Å². The number of carbonyl (C=O) groups excluding carboxylic acids is 1. The number of hydrogen-bond acceptors (Lipinski definition) is 3. The highest BCUT2D eigenvalue weighted by atomic mass is 35.5. The Kier molecular flexibility index (Phi) is 4.83. The smallest absolute Gasteiger partial charge is 0.222 e. The molecule has 0 aliphatic carbocycles. The molecule has 4 nitrogen and oxygen atoms in total. The van der Waals surface area contributed by atoms with Gasteiger partial charge in [0.25, 0.3) is 0 Å². The predicted molar refractivity (Wildman–Crippen MR) is 101 cm³/mol. The topological polar surface area (TPSA) is 35.9 Å². The maximum Gasteiger partial charge on any atom is 0.222 e. The number of carbonyl (C=O) groups is 1. The molecule has 0 bridgehead atoms. The second-order valence-corrected chi connectivity index (χ2v) is 7.13. The summed E-state index contributed by atoms with van der Waals surface area (Å²) in [6, 6.07) is 9.37. The van der Waals surface area contributed by atoms with Crippen LogP contribution in [-0.2, 0) is 11.3 Å². The fourth-order valence-corrected chi connectivity index (χ4v) is 3.84. The van der Waals surface area contributed by atoms with Crippen LogP contribution in [0.1, 0.15) is 30.4 Å². The van der Waals surface area contributed by atoms with Crippen molar-refractivity contribution in [1.29, 1.82) is 0 Å². The van der Waals surface area contributed by atoms with E-state index in [1.165, 1.54) is 23.2 Å². The monoisotopic (exact) mass is 389 g/mol. The van der Waals surface area contributed by atoms with Crippen LogP contribution in [0.2, 0.25) is 5.02 Å². The van der Waals surface area contributed by atoms with Crippen molar-refractivity contribution in [3.8, 4) is 0 Å². The normalized spacial score (nSPS) is 17.0. The first kappa shape index (κ1) is 17.9. The summed E-state index contributed by atoms with van der Waals surface area (Å²) in [5.41, 5.74) is 2.24. The summed E-state index contributed by atoms with van der Waals surface area (Å²) >= 11 is 6.44. The minimum Gasteiger partial charge on any atom is -0.338 e. The maximum absolute atomic E-state index is 14.0. The molecule has 1 amide bonds. The molecule has 0 radical (unpaired) electrons. The van der Waals surface area contributed by atoms with Gasteiger partial charge in [0.15, 0.2) is 11.6 Å². The molecule has 0 N–H and O–H groups in total. The van der Waals surface area contributed by atoms with Gasteiger partial charge in [-0.05, 0) is 30.2 Å². The van der Waals surface area contributed by atoms with Crippen LogP contribution in [-0.4, -0.2) is 29.6 Å². The highest BCUT2D eigenvalue weighted by Gasteiger charge is 2.24. The average molecular weight is 390 g/mol. The molecule has 4 rings (SSSR count). The number of hydrogen-bond donors (Lipinski definition) is 0. The molecule has 140 valence electrons. The van der Waals surface area contributed by atoms with E-state index in [9.17, 15) is 13.6 Å². The van der Waals surface area contributed by atoms with Crippen molar-refractivity contribution in [1.82, 2.24) is 4.90 Å². The van der Waals surface area contributed by atoms with Crippen LogP contribution in [0.3, 0.4) is 0 Å². The van der Waals surface area contributed by atoms with Crippen LogP contribution in [0, 0.1) is 11.6 Å². The number of likely N-dealkylation sites (tertiary alicyclic amines) is 1. The van der Waals surface area contributed by atoms with E-state index in [2.05, 4.69) is 5.10 Å². The van der Waals surface area contributed by atoms with Crippen molar-refractivity contribution >= 4 is 28.9 Å². The lowest BCUT2D eigenvalue weighted by atomic mass is 10.1. The molecule has 7 heteroatoms. The van der Waals surface area contributed by atoms with E-state index in [4.69, 9.17) is 11.6 Å². The molecule has 0 saturated carbocycles. The fourth-order valence-electron chi connectivity index (χ4n) is 3.53. The van der Waals surface area contributed by atoms with Gasteiger partial charge in [0.05, 0.1) is 10.7 Å². The van der Waals surface area contributed by atoms with Crippen molar-refractivity contribution < 1.29 is 13.6 Å². The van der Waals surface area contributed by atoms with Gasteiger partial charge < -0.3 is 4.90 Å². The molecule has 0 spiro atoms. The third kappa shape index (κ3) is 3.54. The van der Waals surface area contributed by atoms with Crippen molar-refractivity contribution in [2.45, 2.75) is 25.8 Å². The summed E-state index contributed by atoms with van der Waals surface area (Å²) in [4.78, 5) is 13.6. The molecule has 27 heavy (non-hydrogen) atoms. The highest BCUT2D eigenvalue weighted by Crippen LogP contribution is 2.29. The molecule has 0 unspecified atom stereocenters. The van der Waals surface area contributed by atoms with E-state index < -0.39 is 11.6 Å². The summed E-state index contributed by atoms with van der Waals surface area (Å²) in [5.74, 6) is -1.12. The van der Waals surface area contributed by atoms with Crippen molar-refractivity contribution in [2.75, 3.05) is 18.1 Å². The Hall–Kier alpha value is -2.47. The quantitative estimate of drug-likeness (QED) is 0.779. The Labute approximate surface area is 161 Å². The number of hydrazone groups is 1. The number of rotatable bonds is 4. The summed E-state index contributed by atoms with van der Waals surface area (Å²) in [7, 11) is 0. The molecular formula is C20H18ClF2N3O. The standard InChI is InChI=1S/C20H18ClF2N3O/c21-15-11-13(12-25-9-2-5-19(25)27)6-7-14(15)18-8-10-26(24-18)20-16(22)3-1-4-17(20)23/h1,3-4,6-7,11H,2,5,8-10,12H2. The third-order valence-electron chi connectivity index (χ3n) is 4.89. The molecule has 1 saturated heterocycles. The zero-order valence-electron chi connectivity index (χ0n) is 14.6. The van der Waals surface area contributed by atoms with Gasteiger partial charge in [0.1, 0.15) is 5.69 Å². The lowest BCUT2D eigenvalue weighted by Gasteiger charge is -2.16. The van der Waals surface area contributed by atoms with Gasteiger partial charge >= 0.3 is 0 Å². The zero-order valence-corrected chi connectivity index (χ0v) is 15.3. The number of para-hydroxylation sites is 1. The lowest BCUT2D eigenvalue weighted by Crippen LogP contribution is -2.23. The second kappa shape index (κ2) is 7.27. The molecule has 1 fully saturated rings. The number of nitrogens with zero attached hydrogens (tertiary/aromatic N) is 3. The molecule has 2 aromatic rings. The van der Waals surface area contributed by atoms with Crippen molar-refractivity contribution in [3.05, 3.63) is 64.2 Å². The number of anilines is 1. The van der Waals surface area contributed by atoms with Crippen LogP contribution in [0.5, 0.6) is 0 Å². The van der Waals surface area contributed by atoms with Gasteiger partial charge in [0.2, 0.25) is 5.91 Å². The fraction of sp³-hybridized carbons (Fsp3) is 0.300. The van der Waals surface area contributed by atoms with Crippen LogP contribution in [0.25, 0.3) is 0 Å². The van der Waals surface area contributed by atoms with Gasteiger partial charge in [-0.25, -0.2) is 8.78 Å². The van der Waals surface area contributed by atoms with Crippen molar-refractivity contribution in [2.24, 2.45) is 5.10 Å². The molecular weight excluding hydrogens is 372 g/mol. The largest absolute Gasteiger partial charge is 0.338 e. The number of amides is 1. The molecule has 2 heterocycles.